The predicted molar refractivity (Wildman–Crippen MR) is 140 cm³/mol. The highest BCUT2D eigenvalue weighted by molar-refractivity contribution is 8.01. The van der Waals surface area contributed by atoms with Crippen LogP contribution in [0.15, 0.2) is 21.4 Å². The van der Waals surface area contributed by atoms with Gasteiger partial charge >= 0.3 is 0 Å². The fourth-order valence-electron chi connectivity index (χ4n) is 8.06. The molecule has 1 aromatic heterocycles. The molecule has 7 heteroatoms. The maximum atomic E-state index is 13.6. The van der Waals surface area contributed by atoms with Crippen molar-refractivity contribution in [3.63, 3.8) is 0 Å². The number of ketones is 2. The number of fused-ring (bicyclic) bond motifs is 5. The van der Waals surface area contributed by atoms with Gasteiger partial charge in [-0.1, -0.05) is 52.0 Å². The second kappa shape index (κ2) is 8.50. The zero-order valence-corrected chi connectivity index (χ0v) is 23.2. The zero-order valence-electron chi connectivity index (χ0n) is 21.6. The number of nitrogens with zero attached hydrogens (tertiary/aromatic N) is 1. The SMILES string of the molecule is CC(C)(C)c1csc(SCC(=O)[C@@]2(O)CCC3C4CCC5=CC(=O)CCC5(C)C4[C@@H](O)CC32C)n1. The van der Waals surface area contributed by atoms with Gasteiger partial charge in [0.1, 0.15) is 5.60 Å². The van der Waals surface area contributed by atoms with Gasteiger partial charge in [0.25, 0.3) is 0 Å². The van der Waals surface area contributed by atoms with Gasteiger partial charge < -0.3 is 10.2 Å². The molecule has 4 aliphatic rings. The van der Waals surface area contributed by atoms with E-state index in [1.807, 2.05) is 13.0 Å². The molecule has 0 aromatic carbocycles. The number of thiazole rings is 1. The van der Waals surface area contributed by atoms with E-state index in [1.165, 1.54) is 17.3 Å². The minimum atomic E-state index is -1.42. The van der Waals surface area contributed by atoms with Crippen LogP contribution >= 0.6 is 23.1 Å². The van der Waals surface area contributed by atoms with E-state index in [0.29, 0.717) is 19.3 Å². The lowest BCUT2D eigenvalue weighted by Gasteiger charge is -2.60. The molecule has 0 amide bonds. The lowest BCUT2D eigenvalue weighted by molar-refractivity contribution is -0.178. The lowest BCUT2D eigenvalue weighted by Crippen LogP contribution is -2.61. The number of rotatable bonds is 4. The summed E-state index contributed by atoms with van der Waals surface area (Å²) in [5, 5.41) is 25.5. The van der Waals surface area contributed by atoms with Crippen LogP contribution in [0, 0.1) is 28.6 Å². The average molecular weight is 518 g/mol. The number of Topliss-reactive ketones (excluding diaryl/α,β-unsaturated/α-hetero) is 1. The summed E-state index contributed by atoms with van der Waals surface area (Å²) in [5.74, 6) is 0.842. The molecular weight excluding hydrogens is 478 g/mol. The van der Waals surface area contributed by atoms with Gasteiger partial charge in [0.2, 0.25) is 0 Å². The normalized spacial score (nSPS) is 41.1. The van der Waals surface area contributed by atoms with Gasteiger partial charge in [-0.2, -0.15) is 0 Å². The average Bonchev–Trinajstić information content (AvgIpc) is 3.36. The van der Waals surface area contributed by atoms with Crippen LogP contribution in [-0.2, 0) is 15.0 Å². The van der Waals surface area contributed by atoms with Crippen LogP contribution in [0.2, 0.25) is 0 Å². The highest BCUT2D eigenvalue weighted by Crippen LogP contribution is 2.67. The molecule has 0 aliphatic heterocycles. The number of carbonyl (C=O) groups excluding carboxylic acids is 2. The summed E-state index contributed by atoms with van der Waals surface area (Å²) in [5.41, 5.74) is -0.0122. The standard InChI is InChI=1S/C28H39NO4S2/c1-25(2,3)21-14-34-24(29-21)35-15-22(32)28(33)11-9-19-18-7-6-16-12-17(30)8-10-26(16,4)23(18)20(31)13-27(19,28)5/h12,14,18-20,23,31,33H,6-11,13,15H2,1-5H3/t18?,19?,20-,23?,26?,27?,28-/m0/s1. The van der Waals surface area contributed by atoms with Gasteiger partial charge in [0.05, 0.1) is 17.6 Å². The molecule has 3 fully saturated rings. The van der Waals surface area contributed by atoms with Crippen molar-refractivity contribution in [1.82, 2.24) is 4.98 Å². The predicted octanol–water partition coefficient (Wildman–Crippen LogP) is 5.34. The van der Waals surface area contributed by atoms with Gasteiger partial charge in [0.15, 0.2) is 15.9 Å². The van der Waals surface area contributed by atoms with E-state index in [2.05, 4.69) is 33.1 Å². The number of aliphatic hydroxyl groups excluding tert-OH is 1. The lowest BCUT2D eigenvalue weighted by atomic mass is 9.45. The Morgan fingerprint density at radius 3 is 2.66 bits per heavy atom. The van der Waals surface area contributed by atoms with E-state index in [4.69, 9.17) is 4.98 Å². The summed E-state index contributed by atoms with van der Waals surface area (Å²) < 4.78 is 0.863. The van der Waals surface area contributed by atoms with Crippen LogP contribution < -0.4 is 0 Å². The molecular formula is C28H39NO4S2. The van der Waals surface area contributed by atoms with E-state index in [-0.39, 0.29) is 45.9 Å². The Bertz CT molecular complexity index is 1070. The first-order valence-electron chi connectivity index (χ1n) is 13.1. The number of aromatic nitrogens is 1. The molecule has 35 heavy (non-hydrogen) atoms. The smallest absolute Gasteiger partial charge is 0.175 e. The van der Waals surface area contributed by atoms with Crippen molar-refractivity contribution in [3.05, 3.63) is 22.7 Å². The largest absolute Gasteiger partial charge is 0.393 e. The van der Waals surface area contributed by atoms with Crippen molar-refractivity contribution in [2.75, 3.05) is 5.75 Å². The monoisotopic (exact) mass is 517 g/mol. The Hall–Kier alpha value is -1.02. The molecule has 3 saturated carbocycles. The van der Waals surface area contributed by atoms with Crippen molar-refractivity contribution < 1.29 is 19.8 Å². The summed E-state index contributed by atoms with van der Waals surface area (Å²) >= 11 is 2.98. The van der Waals surface area contributed by atoms with Gasteiger partial charge in [-0.05, 0) is 67.8 Å². The van der Waals surface area contributed by atoms with E-state index < -0.39 is 17.1 Å². The van der Waals surface area contributed by atoms with Gasteiger partial charge in [-0.25, -0.2) is 4.98 Å². The van der Waals surface area contributed by atoms with Crippen LogP contribution in [0.3, 0.4) is 0 Å². The number of hydrogen-bond donors (Lipinski definition) is 2. The van der Waals surface area contributed by atoms with Gasteiger partial charge in [-0.15, -0.1) is 11.3 Å². The molecule has 192 valence electrons. The van der Waals surface area contributed by atoms with Crippen molar-refractivity contribution in [3.8, 4) is 0 Å². The first-order valence-corrected chi connectivity index (χ1v) is 14.9. The fourth-order valence-corrected chi connectivity index (χ4v) is 10.1. The summed E-state index contributed by atoms with van der Waals surface area (Å²) in [6.45, 7) is 10.7. The Kier molecular flexibility index (Phi) is 6.23. The van der Waals surface area contributed by atoms with E-state index >= 15 is 0 Å². The maximum absolute atomic E-state index is 13.6. The highest BCUT2D eigenvalue weighted by atomic mass is 32.2. The summed E-state index contributed by atoms with van der Waals surface area (Å²) in [7, 11) is 0. The van der Waals surface area contributed by atoms with E-state index in [0.717, 1.165) is 35.7 Å². The molecule has 2 N–H and O–H groups in total. The molecule has 0 bridgehead atoms. The number of allylic oxidation sites excluding steroid dienone is 1. The fraction of sp³-hybridized carbons (Fsp3) is 0.750. The number of carbonyl (C=O) groups is 2. The molecule has 4 aliphatic carbocycles. The molecule has 5 unspecified atom stereocenters. The Morgan fingerprint density at radius 1 is 1.23 bits per heavy atom. The van der Waals surface area contributed by atoms with E-state index in [1.54, 1.807) is 11.3 Å². The molecule has 5 rings (SSSR count). The molecule has 7 atom stereocenters. The Labute approximate surface area is 217 Å². The zero-order chi connectivity index (χ0) is 25.4. The minimum Gasteiger partial charge on any atom is -0.393 e. The first kappa shape index (κ1) is 25.6. The summed E-state index contributed by atoms with van der Waals surface area (Å²) in [6.07, 6.45) is 6.12. The Balaban J connectivity index is 1.36. The first-order chi connectivity index (χ1) is 16.3. The van der Waals surface area contributed by atoms with Gasteiger partial charge in [-0.3, -0.25) is 9.59 Å². The van der Waals surface area contributed by atoms with Crippen molar-refractivity contribution in [2.24, 2.45) is 28.6 Å². The third-order valence-electron chi connectivity index (χ3n) is 10.1. The third kappa shape index (κ3) is 3.91. The van der Waals surface area contributed by atoms with Crippen LogP contribution in [0.25, 0.3) is 0 Å². The number of aliphatic hydroxyl groups is 2. The Morgan fingerprint density at radius 2 is 1.97 bits per heavy atom. The molecule has 0 spiro atoms. The van der Waals surface area contributed by atoms with E-state index in [9.17, 15) is 19.8 Å². The maximum Gasteiger partial charge on any atom is 0.175 e. The summed E-state index contributed by atoms with van der Waals surface area (Å²) in [6, 6.07) is 0. The van der Waals surface area contributed by atoms with Crippen molar-refractivity contribution in [1.29, 1.82) is 0 Å². The van der Waals surface area contributed by atoms with Gasteiger partial charge in [0, 0.05) is 22.6 Å². The molecule has 0 radical (unpaired) electrons. The molecule has 5 nitrogen and oxygen atoms in total. The highest BCUT2D eigenvalue weighted by Gasteiger charge is 2.68. The van der Waals surface area contributed by atoms with Crippen molar-refractivity contribution >= 4 is 34.7 Å². The molecule has 1 aromatic rings. The summed E-state index contributed by atoms with van der Waals surface area (Å²) in [4.78, 5) is 30.4. The minimum absolute atomic E-state index is 0.0320. The molecule has 1 heterocycles. The third-order valence-corrected chi connectivity index (χ3v) is 12.1. The second-order valence-electron chi connectivity index (χ2n) is 12.9. The number of hydrogen-bond acceptors (Lipinski definition) is 7. The van der Waals surface area contributed by atoms with Crippen LogP contribution in [0.1, 0.15) is 85.3 Å². The second-order valence-corrected chi connectivity index (χ2v) is 15.0. The van der Waals surface area contributed by atoms with Crippen LogP contribution in [0.5, 0.6) is 0 Å². The van der Waals surface area contributed by atoms with Crippen molar-refractivity contribution in [2.45, 2.75) is 101 Å². The topological polar surface area (TPSA) is 87.5 Å². The molecule has 0 saturated heterocycles. The van der Waals surface area contributed by atoms with Crippen LogP contribution in [-0.4, -0.2) is 44.2 Å². The van der Waals surface area contributed by atoms with Crippen LogP contribution in [0.4, 0.5) is 0 Å². The quantitative estimate of drug-likeness (QED) is 0.525. The number of thioether (sulfide) groups is 1.